The van der Waals surface area contributed by atoms with Gasteiger partial charge >= 0.3 is 5.97 Å². The van der Waals surface area contributed by atoms with Gasteiger partial charge in [0.05, 0.1) is 49.8 Å². The van der Waals surface area contributed by atoms with Crippen LogP contribution in [0.5, 0.6) is 0 Å². The number of fused-ring (bicyclic) bond motifs is 5. The Morgan fingerprint density at radius 2 is 1.57 bits per heavy atom. The summed E-state index contributed by atoms with van der Waals surface area (Å²) >= 11 is 0. The number of aliphatic hydroxyl groups excluding tert-OH is 2. The number of carbonyl (C=O) groups is 1. The number of nitrogens with two attached hydrogens (primary N) is 1. The van der Waals surface area contributed by atoms with Crippen LogP contribution in [0.2, 0.25) is 0 Å². The molecule has 11 atom stereocenters. The monoisotopic (exact) mass is 621 g/mol. The lowest BCUT2D eigenvalue weighted by Crippen LogP contribution is -2.63. The largest absolute Gasteiger partial charge is 0.481 e. The van der Waals surface area contributed by atoms with Gasteiger partial charge in [0.25, 0.3) is 0 Å². The minimum atomic E-state index is -0.810. The van der Waals surface area contributed by atoms with Crippen LogP contribution >= 0.6 is 0 Å². The molecule has 4 fully saturated rings. The second-order valence-corrected chi connectivity index (χ2v) is 13.6. The third kappa shape index (κ3) is 7.24. The lowest BCUT2D eigenvalue weighted by molar-refractivity contribution is -0.188. The van der Waals surface area contributed by atoms with Crippen molar-refractivity contribution in [2.45, 2.75) is 97.8 Å². The van der Waals surface area contributed by atoms with Gasteiger partial charge in [-0.15, -0.1) is 0 Å². The zero-order chi connectivity index (χ0) is 32.7. The standard InChI is InChI=1S/C26H37NO6.C8H18O3/c1-13(4-7-23(32)33)16-5-6-17-24-18(10-22(31)26(16,17)3)25(2)14(9-21(24)30)8-20(27)15(11-28)19(25)12-29;1-3-9-5-7-11-8-6-10-4-2/h13-14,16-18,20-22,24,30-31H,4-10,27H2,1-3H3,(H,32,33);3-8H2,1-2H3/t13-,14+,16-,17+,18+,20-,21-,22+,24+,25+,26-;/m1./s1. The molecule has 0 heterocycles. The Balaban J connectivity index is 0.000000411. The van der Waals surface area contributed by atoms with Gasteiger partial charge < -0.3 is 35.3 Å². The van der Waals surface area contributed by atoms with Crippen LogP contribution in [0.4, 0.5) is 0 Å². The first-order valence-electron chi connectivity index (χ1n) is 16.5. The second-order valence-electron chi connectivity index (χ2n) is 13.6. The predicted molar refractivity (Wildman–Crippen MR) is 165 cm³/mol. The minimum Gasteiger partial charge on any atom is -0.481 e. The summed E-state index contributed by atoms with van der Waals surface area (Å²) in [7, 11) is 0. The molecule has 0 amide bonds. The molecule has 0 saturated heterocycles. The Morgan fingerprint density at radius 3 is 2.11 bits per heavy atom. The molecular weight excluding hydrogens is 566 g/mol. The van der Waals surface area contributed by atoms with E-state index in [1.54, 1.807) is 0 Å². The van der Waals surface area contributed by atoms with Crippen LogP contribution in [0.15, 0.2) is 11.1 Å². The first-order chi connectivity index (χ1) is 20.9. The van der Waals surface area contributed by atoms with E-state index in [1.807, 2.05) is 32.7 Å². The molecule has 250 valence electrons. The fraction of sp³-hybridized carbons (Fsp3) is 0.853. The highest BCUT2D eigenvalue weighted by Gasteiger charge is 2.67. The van der Waals surface area contributed by atoms with Gasteiger partial charge in [-0.2, -0.15) is 0 Å². The molecule has 0 bridgehead atoms. The van der Waals surface area contributed by atoms with Crippen molar-refractivity contribution >= 4 is 17.9 Å². The maximum Gasteiger partial charge on any atom is 0.303 e. The molecule has 4 rings (SSSR count). The Morgan fingerprint density at radius 1 is 0.955 bits per heavy atom. The Kier molecular flexibility index (Phi) is 13.4. The first-order valence-corrected chi connectivity index (χ1v) is 16.5. The Hall–Kier alpha value is -1.87. The maximum atomic E-state index is 12.1. The smallest absolute Gasteiger partial charge is 0.303 e. The van der Waals surface area contributed by atoms with Gasteiger partial charge in [-0.3, -0.25) is 4.79 Å². The van der Waals surface area contributed by atoms with Gasteiger partial charge in [0.1, 0.15) is 11.9 Å². The van der Waals surface area contributed by atoms with Gasteiger partial charge in [-0.05, 0) is 93.3 Å². The van der Waals surface area contributed by atoms with Crippen LogP contribution in [0.1, 0.15) is 79.6 Å². The topological polar surface area (TPSA) is 166 Å². The van der Waals surface area contributed by atoms with Crippen LogP contribution in [0.3, 0.4) is 0 Å². The average Bonchev–Trinajstić information content (AvgIpc) is 3.35. The molecule has 0 aromatic heterocycles. The molecule has 10 nitrogen and oxygen atoms in total. The minimum absolute atomic E-state index is 0.0588. The van der Waals surface area contributed by atoms with Gasteiger partial charge in [-0.1, -0.05) is 20.8 Å². The van der Waals surface area contributed by atoms with Crippen LogP contribution in [-0.2, 0) is 28.6 Å². The molecule has 5 N–H and O–H groups in total. The number of aliphatic hydroxyl groups is 2. The number of carboxylic acids is 1. The highest BCUT2D eigenvalue weighted by Crippen LogP contribution is 2.69. The van der Waals surface area contributed by atoms with Crippen LogP contribution < -0.4 is 5.73 Å². The van der Waals surface area contributed by atoms with Crippen molar-refractivity contribution in [3.05, 3.63) is 11.1 Å². The molecule has 4 saturated carbocycles. The number of rotatable bonds is 12. The normalized spacial score (nSPS) is 38.3. The van der Waals surface area contributed by atoms with E-state index in [4.69, 9.17) is 25.1 Å². The average molecular weight is 622 g/mol. The van der Waals surface area contributed by atoms with E-state index >= 15 is 0 Å². The number of ether oxygens (including phenoxy) is 3. The van der Waals surface area contributed by atoms with E-state index < -0.39 is 35.0 Å². The molecule has 0 aliphatic heterocycles. The van der Waals surface area contributed by atoms with Crippen molar-refractivity contribution in [1.82, 2.24) is 0 Å². The van der Waals surface area contributed by atoms with Gasteiger partial charge in [0.2, 0.25) is 0 Å². The zero-order valence-electron chi connectivity index (χ0n) is 27.3. The summed E-state index contributed by atoms with van der Waals surface area (Å²) in [6.07, 6.45) is 2.63. The van der Waals surface area contributed by atoms with Crippen LogP contribution in [-0.4, -0.2) is 91.1 Å². The van der Waals surface area contributed by atoms with Gasteiger partial charge in [-0.25, -0.2) is 9.59 Å². The molecule has 10 heteroatoms. The lowest BCUT2D eigenvalue weighted by atomic mass is 9.41. The fourth-order valence-electron chi connectivity index (χ4n) is 9.47. The van der Waals surface area contributed by atoms with E-state index in [-0.39, 0.29) is 53.1 Å². The fourth-order valence-corrected chi connectivity index (χ4v) is 9.47. The number of carboxylic acid groups (broad SMARTS) is 1. The van der Waals surface area contributed by atoms with Crippen molar-refractivity contribution < 1.29 is 43.9 Å². The summed E-state index contributed by atoms with van der Waals surface area (Å²) in [5.74, 6) is 3.15. The molecule has 0 unspecified atom stereocenters. The molecule has 0 spiro atoms. The molecule has 4 aliphatic rings. The van der Waals surface area contributed by atoms with E-state index in [9.17, 15) is 24.6 Å². The quantitative estimate of drug-likeness (QED) is 0.188. The third-order valence-electron chi connectivity index (χ3n) is 11.7. The van der Waals surface area contributed by atoms with E-state index in [0.717, 1.165) is 26.1 Å². The third-order valence-corrected chi connectivity index (χ3v) is 11.7. The zero-order valence-corrected chi connectivity index (χ0v) is 27.3. The maximum absolute atomic E-state index is 12.1. The van der Waals surface area contributed by atoms with Crippen LogP contribution in [0, 0.1) is 46.3 Å². The number of carbonyl (C=O) groups excluding carboxylic acids is 2. The highest BCUT2D eigenvalue weighted by molar-refractivity contribution is 5.76. The van der Waals surface area contributed by atoms with E-state index in [2.05, 4.69) is 13.8 Å². The van der Waals surface area contributed by atoms with Crippen molar-refractivity contribution in [3.8, 4) is 0 Å². The Bertz CT molecular complexity index is 1060. The van der Waals surface area contributed by atoms with E-state index in [0.29, 0.717) is 52.1 Å². The molecule has 0 aromatic carbocycles. The number of hydrogen-bond acceptors (Lipinski definition) is 9. The molecule has 44 heavy (non-hydrogen) atoms. The molecule has 0 radical (unpaired) electrons. The molecule has 4 aliphatic carbocycles. The van der Waals surface area contributed by atoms with E-state index in [1.165, 1.54) is 0 Å². The summed E-state index contributed by atoms with van der Waals surface area (Å²) in [6, 6.07) is -0.592. The number of hydrogen-bond donors (Lipinski definition) is 4. The molecule has 0 aromatic rings. The predicted octanol–water partition coefficient (Wildman–Crippen LogP) is 3.23. The summed E-state index contributed by atoms with van der Waals surface area (Å²) in [6.45, 7) is 14.3. The second kappa shape index (κ2) is 16.1. The van der Waals surface area contributed by atoms with Crippen molar-refractivity contribution in [2.24, 2.45) is 52.1 Å². The van der Waals surface area contributed by atoms with Crippen LogP contribution in [0.25, 0.3) is 0 Å². The van der Waals surface area contributed by atoms with Gasteiger partial charge in [0, 0.05) is 31.1 Å². The van der Waals surface area contributed by atoms with Gasteiger partial charge in [0.15, 0.2) is 0 Å². The van der Waals surface area contributed by atoms with Crippen molar-refractivity contribution in [1.29, 1.82) is 0 Å². The number of aliphatic carboxylic acids is 1. The van der Waals surface area contributed by atoms with Crippen molar-refractivity contribution in [3.63, 3.8) is 0 Å². The first kappa shape index (κ1) is 36.6. The summed E-state index contributed by atoms with van der Waals surface area (Å²) in [4.78, 5) is 35.0. The summed E-state index contributed by atoms with van der Waals surface area (Å²) < 4.78 is 15.3. The highest BCUT2D eigenvalue weighted by atomic mass is 16.5. The summed E-state index contributed by atoms with van der Waals surface area (Å²) in [5, 5.41) is 32.1. The summed E-state index contributed by atoms with van der Waals surface area (Å²) in [5.41, 5.74) is 5.55. The molecular formula is C34H55NO9. The SMILES string of the molecule is CCOCCOCCOCC.C[C@H](CCC(=O)O)[C@H]1CC[C@H]2[C@@H]3[C@H](O)C[C@@H]4C[C@@H](N)C(=C=O)C(=C=O)[C@]4(C)[C@H]3C[C@H](O)[C@]12C. The van der Waals surface area contributed by atoms with Crippen molar-refractivity contribution in [2.75, 3.05) is 39.6 Å². The Labute approximate surface area is 262 Å². The lowest BCUT2D eigenvalue weighted by Gasteiger charge is -2.63.